The highest BCUT2D eigenvalue weighted by Crippen LogP contribution is 2.41. The zero-order valence-electron chi connectivity index (χ0n) is 29.6. The summed E-state index contributed by atoms with van der Waals surface area (Å²) >= 11 is 0. The van der Waals surface area contributed by atoms with Crippen LogP contribution < -0.4 is 0 Å². The molecular weight excluding hydrogens is 613 g/mol. The molecule has 7 aromatic rings. The zero-order valence-corrected chi connectivity index (χ0v) is 29.6. The van der Waals surface area contributed by atoms with Crippen LogP contribution in [0.4, 0.5) is 0 Å². The number of aryl methyl sites for hydroxylation is 2. The van der Waals surface area contributed by atoms with Crippen molar-refractivity contribution in [2.45, 2.75) is 47.5 Å². The molecular formula is C51H50. The van der Waals surface area contributed by atoms with Crippen LogP contribution in [0.5, 0.6) is 0 Å². The third-order valence-electron chi connectivity index (χ3n) is 9.52. The molecule has 0 aromatic heterocycles. The van der Waals surface area contributed by atoms with E-state index in [1.807, 2.05) is 18.2 Å². The van der Waals surface area contributed by atoms with Crippen molar-refractivity contribution in [2.24, 2.45) is 0 Å². The Morgan fingerprint density at radius 2 is 1.12 bits per heavy atom. The maximum absolute atomic E-state index is 4.00. The van der Waals surface area contributed by atoms with Crippen LogP contribution in [-0.2, 0) is 19.3 Å². The molecule has 0 N–H and O–H groups in total. The molecule has 0 radical (unpaired) electrons. The van der Waals surface area contributed by atoms with E-state index in [1.165, 1.54) is 82.4 Å². The summed E-state index contributed by atoms with van der Waals surface area (Å²) in [6.07, 6.45) is 14.8. The fourth-order valence-electron chi connectivity index (χ4n) is 6.74. The third-order valence-corrected chi connectivity index (χ3v) is 9.52. The Balaban J connectivity index is 0.000000291. The molecule has 0 unspecified atom stereocenters. The fraction of sp³-hybridized carbons (Fsp3) is 0.137. The summed E-state index contributed by atoms with van der Waals surface area (Å²) in [5.74, 6) is 0. The largest absolute Gasteiger partial charge is 0.124 e. The average molecular weight is 663 g/mol. The maximum atomic E-state index is 4.00. The Bertz CT molecular complexity index is 2290. The standard InChI is InChI=1S/C34H28.C14H16.C2H2.CH4/c1-3-23-13-15-25(16-14-23)27-19-20-31-29(4-2)30-11-7-8-12-32(30)34(33(31)22-27)28-18-17-24-9-5-6-10-26(24)21-28;1-4-12(3)14(5-2)11-13-9-7-6-8-10-13;1-2;/h5-22H,3-4H2,1-2H3;4-10H,1-2,11H2,3H3;1-2H;1H4/b;14-12+;;. The quantitative estimate of drug-likeness (QED) is 0.0863. The minimum absolute atomic E-state index is 0. The first-order valence-electron chi connectivity index (χ1n) is 17.4. The van der Waals surface area contributed by atoms with Crippen molar-refractivity contribution >= 4 is 32.3 Å². The van der Waals surface area contributed by atoms with E-state index >= 15 is 0 Å². The van der Waals surface area contributed by atoms with Gasteiger partial charge < -0.3 is 0 Å². The molecule has 7 aromatic carbocycles. The molecule has 0 heterocycles. The number of hydrogen-bond donors (Lipinski definition) is 0. The molecule has 254 valence electrons. The third kappa shape index (κ3) is 8.46. The number of benzene rings is 7. The van der Waals surface area contributed by atoms with Gasteiger partial charge in [-0.3, -0.25) is 0 Å². The van der Waals surface area contributed by atoms with Crippen LogP contribution in [0.25, 0.3) is 54.6 Å². The molecule has 0 aliphatic rings. The highest BCUT2D eigenvalue weighted by atomic mass is 14.2. The molecule has 51 heavy (non-hydrogen) atoms. The van der Waals surface area contributed by atoms with Gasteiger partial charge in [0.15, 0.2) is 0 Å². The van der Waals surface area contributed by atoms with Crippen molar-refractivity contribution < 1.29 is 0 Å². The van der Waals surface area contributed by atoms with Crippen LogP contribution in [-0.4, -0.2) is 0 Å². The monoisotopic (exact) mass is 662 g/mol. The van der Waals surface area contributed by atoms with E-state index in [0.29, 0.717) is 0 Å². The van der Waals surface area contributed by atoms with Gasteiger partial charge in [-0.2, -0.15) is 0 Å². The van der Waals surface area contributed by atoms with Crippen molar-refractivity contribution in [1.82, 2.24) is 0 Å². The molecule has 0 aliphatic carbocycles. The van der Waals surface area contributed by atoms with Crippen LogP contribution in [0.15, 0.2) is 176 Å². The number of allylic oxidation sites excluding steroid dienone is 4. The van der Waals surface area contributed by atoms with Crippen LogP contribution >= 0.6 is 0 Å². The van der Waals surface area contributed by atoms with Gasteiger partial charge in [0.25, 0.3) is 0 Å². The Morgan fingerprint density at radius 1 is 0.529 bits per heavy atom. The summed E-state index contributed by atoms with van der Waals surface area (Å²) in [5.41, 5.74) is 11.7. The SMILES string of the molecule is C.C#C.C=C/C(C)=C(\C=C)Cc1ccccc1.CCc1ccc(-c2ccc3c(CC)c4ccccc4c(-c4ccc5ccccc5c4)c3c2)cc1. The Hall–Kier alpha value is -5.90. The predicted octanol–water partition coefficient (Wildman–Crippen LogP) is 14.4. The van der Waals surface area contributed by atoms with Gasteiger partial charge in [0.1, 0.15) is 0 Å². The second-order valence-electron chi connectivity index (χ2n) is 12.4. The smallest absolute Gasteiger partial charge is 0.00234 e. The lowest BCUT2D eigenvalue weighted by Crippen LogP contribution is -1.93. The summed E-state index contributed by atoms with van der Waals surface area (Å²) in [5, 5.41) is 7.95. The molecule has 7 rings (SSSR count). The van der Waals surface area contributed by atoms with Crippen LogP contribution in [0.1, 0.15) is 44.9 Å². The Morgan fingerprint density at radius 3 is 1.76 bits per heavy atom. The molecule has 0 fully saturated rings. The summed E-state index contributed by atoms with van der Waals surface area (Å²) in [7, 11) is 0. The Labute approximate surface area is 306 Å². The average Bonchev–Trinajstić information content (AvgIpc) is 3.19. The molecule has 0 saturated heterocycles. The van der Waals surface area contributed by atoms with E-state index in [9.17, 15) is 0 Å². The van der Waals surface area contributed by atoms with Gasteiger partial charge in [0.2, 0.25) is 0 Å². The van der Waals surface area contributed by atoms with Gasteiger partial charge >= 0.3 is 0 Å². The summed E-state index contributed by atoms with van der Waals surface area (Å²) in [6, 6.07) is 50.9. The van der Waals surface area contributed by atoms with E-state index < -0.39 is 0 Å². The lowest BCUT2D eigenvalue weighted by atomic mass is 9.86. The second-order valence-corrected chi connectivity index (χ2v) is 12.4. The minimum atomic E-state index is 0. The first-order valence-corrected chi connectivity index (χ1v) is 17.4. The molecule has 0 heteroatoms. The Kier molecular flexibility index (Phi) is 13.5. The van der Waals surface area contributed by atoms with Crippen molar-refractivity contribution in [1.29, 1.82) is 0 Å². The predicted molar refractivity (Wildman–Crippen MR) is 228 cm³/mol. The summed E-state index contributed by atoms with van der Waals surface area (Å²) < 4.78 is 0. The van der Waals surface area contributed by atoms with Gasteiger partial charge in [-0.05, 0) is 121 Å². The molecule has 0 amide bonds. The number of rotatable bonds is 8. The van der Waals surface area contributed by atoms with E-state index in [1.54, 1.807) is 0 Å². The lowest BCUT2D eigenvalue weighted by molar-refractivity contribution is 1.14. The van der Waals surface area contributed by atoms with Crippen LogP contribution in [0.2, 0.25) is 0 Å². The van der Waals surface area contributed by atoms with Crippen LogP contribution in [0, 0.1) is 12.8 Å². The number of terminal acetylenes is 1. The number of fused-ring (bicyclic) bond motifs is 3. The maximum Gasteiger partial charge on any atom is -0.00234 e. The molecule has 0 bridgehead atoms. The molecule has 0 atom stereocenters. The van der Waals surface area contributed by atoms with Gasteiger partial charge in [-0.15, -0.1) is 12.8 Å². The topological polar surface area (TPSA) is 0 Å². The second kappa shape index (κ2) is 18.2. The van der Waals surface area contributed by atoms with Gasteiger partial charge in [0, 0.05) is 0 Å². The van der Waals surface area contributed by atoms with E-state index in [0.717, 1.165) is 19.3 Å². The first-order chi connectivity index (χ1) is 24.5. The molecule has 0 aliphatic heterocycles. The van der Waals surface area contributed by atoms with Crippen molar-refractivity contribution in [2.75, 3.05) is 0 Å². The normalized spacial score (nSPS) is 10.9. The van der Waals surface area contributed by atoms with Gasteiger partial charge in [-0.25, -0.2) is 0 Å². The molecule has 0 saturated carbocycles. The minimum Gasteiger partial charge on any atom is -0.124 e. The number of hydrogen-bond acceptors (Lipinski definition) is 0. The summed E-state index contributed by atoms with van der Waals surface area (Å²) in [6.45, 7) is 14.1. The molecule has 0 spiro atoms. The van der Waals surface area contributed by atoms with E-state index in [2.05, 4.69) is 180 Å². The summed E-state index contributed by atoms with van der Waals surface area (Å²) in [4.78, 5) is 0. The fourth-order valence-corrected chi connectivity index (χ4v) is 6.74. The lowest BCUT2D eigenvalue weighted by Gasteiger charge is -2.18. The first kappa shape index (κ1) is 37.9. The van der Waals surface area contributed by atoms with E-state index in [-0.39, 0.29) is 7.43 Å². The highest BCUT2D eigenvalue weighted by molar-refractivity contribution is 6.16. The molecule has 0 nitrogen and oxygen atoms in total. The van der Waals surface area contributed by atoms with Crippen molar-refractivity contribution in [3.05, 3.63) is 193 Å². The zero-order chi connectivity index (χ0) is 35.5. The van der Waals surface area contributed by atoms with Crippen molar-refractivity contribution in [3.8, 4) is 35.1 Å². The van der Waals surface area contributed by atoms with Crippen LogP contribution in [0.3, 0.4) is 0 Å². The van der Waals surface area contributed by atoms with Crippen molar-refractivity contribution in [3.63, 3.8) is 0 Å². The van der Waals surface area contributed by atoms with Gasteiger partial charge in [-0.1, -0.05) is 174 Å². The van der Waals surface area contributed by atoms with E-state index in [4.69, 9.17) is 0 Å². The highest BCUT2D eigenvalue weighted by Gasteiger charge is 2.16. The van der Waals surface area contributed by atoms with Gasteiger partial charge in [0.05, 0.1) is 0 Å².